The molecule has 2 aromatic heterocycles. The third-order valence-electron chi connectivity index (χ3n) is 9.02. The second-order valence-electron chi connectivity index (χ2n) is 14.3. The number of amides is 4. The number of nitriles is 1. The zero-order valence-electron chi connectivity index (χ0n) is 29.7. The van der Waals surface area contributed by atoms with Crippen LogP contribution in [0.15, 0.2) is 61.1 Å². The number of aromatic nitrogens is 4. The van der Waals surface area contributed by atoms with Gasteiger partial charge in [-0.2, -0.15) is 5.26 Å². The third-order valence-corrected chi connectivity index (χ3v) is 9.57. The van der Waals surface area contributed by atoms with Crippen molar-refractivity contribution in [1.82, 2.24) is 35.5 Å². The Bertz CT molecular complexity index is 2140. The van der Waals surface area contributed by atoms with Gasteiger partial charge in [0.05, 0.1) is 33.6 Å². The minimum absolute atomic E-state index is 0.0193. The van der Waals surface area contributed by atoms with E-state index in [1.54, 1.807) is 70.4 Å². The summed E-state index contributed by atoms with van der Waals surface area (Å²) in [4.78, 5) is 69.4. The molecule has 0 saturated heterocycles. The van der Waals surface area contributed by atoms with Crippen LogP contribution in [0.5, 0.6) is 0 Å². The summed E-state index contributed by atoms with van der Waals surface area (Å²) in [5, 5.41) is 17.0. The van der Waals surface area contributed by atoms with Crippen LogP contribution in [0.3, 0.4) is 0 Å². The van der Waals surface area contributed by atoms with Gasteiger partial charge in [0.1, 0.15) is 28.4 Å². The van der Waals surface area contributed by atoms with Crippen LogP contribution < -0.4 is 20.9 Å². The molecule has 0 bridgehead atoms. The maximum atomic E-state index is 14.5. The molecule has 1 aliphatic carbocycles. The van der Waals surface area contributed by atoms with Gasteiger partial charge in [-0.25, -0.2) is 29.0 Å². The van der Waals surface area contributed by atoms with E-state index in [1.807, 2.05) is 0 Å². The van der Waals surface area contributed by atoms with Crippen molar-refractivity contribution in [3.8, 4) is 6.07 Å². The summed E-state index contributed by atoms with van der Waals surface area (Å²) in [6, 6.07) is 11.6. The first-order chi connectivity index (χ1) is 25.5. The SMILES string of the molecule is CC(C)(C)OC(=O)NCC[C@H](NC(=O)c1cnc2n1[C@](C)(Cc1ccc(C#N)cc1)C(=O)N2c1cc(Cl)c(F)c(Cl)c1)C(=O)NC1(c2ncccn2)CC1. The Morgan fingerprint density at radius 1 is 1.07 bits per heavy atom. The molecule has 4 amide bonds. The Kier molecular flexibility index (Phi) is 10.4. The lowest BCUT2D eigenvalue weighted by Gasteiger charge is -2.27. The van der Waals surface area contributed by atoms with Gasteiger partial charge in [-0.05, 0) is 82.9 Å². The van der Waals surface area contributed by atoms with E-state index >= 15 is 0 Å². The second kappa shape index (κ2) is 14.7. The van der Waals surface area contributed by atoms with Crippen molar-refractivity contribution >= 4 is 58.7 Å². The summed E-state index contributed by atoms with van der Waals surface area (Å²) < 4.78 is 21.2. The van der Waals surface area contributed by atoms with Crippen molar-refractivity contribution in [2.75, 3.05) is 11.4 Å². The molecule has 0 spiro atoms. The number of fused-ring (bicyclic) bond motifs is 1. The number of alkyl carbamates (subject to hydrolysis) is 1. The molecule has 54 heavy (non-hydrogen) atoms. The highest BCUT2D eigenvalue weighted by molar-refractivity contribution is 6.35. The van der Waals surface area contributed by atoms with Crippen molar-refractivity contribution in [2.45, 2.75) is 76.1 Å². The van der Waals surface area contributed by atoms with Crippen LogP contribution in [0.1, 0.15) is 74.4 Å². The molecule has 1 aliphatic heterocycles. The fourth-order valence-electron chi connectivity index (χ4n) is 6.26. The summed E-state index contributed by atoms with van der Waals surface area (Å²) in [7, 11) is 0. The van der Waals surface area contributed by atoms with Crippen molar-refractivity contribution in [2.24, 2.45) is 0 Å². The maximum absolute atomic E-state index is 14.5. The number of imidazole rings is 1. The number of hydrogen-bond donors (Lipinski definition) is 3. The number of hydrogen-bond acceptors (Lipinski definition) is 9. The maximum Gasteiger partial charge on any atom is 0.407 e. The minimum Gasteiger partial charge on any atom is -0.444 e. The zero-order valence-corrected chi connectivity index (χ0v) is 31.3. The molecule has 0 radical (unpaired) electrons. The van der Waals surface area contributed by atoms with Gasteiger partial charge >= 0.3 is 6.09 Å². The van der Waals surface area contributed by atoms with E-state index in [4.69, 9.17) is 27.9 Å². The molecule has 1 saturated carbocycles. The summed E-state index contributed by atoms with van der Waals surface area (Å²) >= 11 is 12.3. The Labute approximate surface area is 320 Å². The van der Waals surface area contributed by atoms with Crippen LogP contribution in [-0.2, 0) is 31.8 Å². The van der Waals surface area contributed by atoms with E-state index in [1.165, 1.54) is 27.8 Å². The van der Waals surface area contributed by atoms with Gasteiger partial charge in [0.2, 0.25) is 11.9 Å². The Morgan fingerprint density at radius 3 is 2.31 bits per heavy atom. The normalized spacial score (nSPS) is 17.6. The van der Waals surface area contributed by atoms with Gasteiger partial charge in [-0.3, -0.25) is 19.0 Å². The monoisotopic (exact) mass is 775 g/mol. The summed E-state index contributed by atoms with van der Waals surface area (Å²) in [5.41, 5.74) is -1.95. The van der Waals surface area contributed by atoms with Crippen LogP contribution in [0.25, 0.3) is 0 Å². The molecular formula is C37H36Cl2FN9O5. The average molecular weight is 777 g/mol. The summed E-state index contributed by atoms with van der Waals surface area (Å²) in [6.07, 6.45) is 4.89. The van der Waals surface area contributed by atoms with Crippen LogP contribution in [0.4, 0.5) is 20.8 Å². The number of anilines is 2. The van der Waals surface area contributed by atoms with Gasteiger partial charge < -0.3 is 20.7 Å². The van der Waals surface area contributed by atoms with Gasteiger partial charge in [-0.15, -0.1) is 0 Å². The largest absolute Gasteiger partial charge is 0.444 e. The van der Waals surface area contributed by atoms with Gasteiger partial charge in [0.15, 0.2) is 11.6 Å². The topological polar surface area (TPSA) is 184 Å². The van der Waals surface area contributed by atoms with Crippen LogP contribution >= 0.6 is 23.2 Å². The zero-order chi connectivity index (χ0) is 39.0. The van der Waals surface area contributed by atoms with Crippen molar-refractivity contribution in [3.63, 3.8) is 0 Å². The molecule has 2 atom stereocenters. The molecule has 2 aliphatic rings. The second-order valence-corrected chi connectivity index (χ2v) is 15.1. The lowest BCUT2D eigenvalue weighted by Crippen LogP contribution is -2.52. The van der Waals surface area contributed by atoms with E-state index < -0.39 is 52.4 Å². The first-order valence-electron chi connectivity index (χ1n) is 17.0. The number of nitrogens with one attached hydrogen (secondary N) is 3. The quantitative estimate of drug-likeness (QED) is 0.167. The molecule has 17 heteroatoms. The standard InChI is InChI=1S/C37H36Cl2FN9O5/c1-35(2,3)54-34(53)44-15-10-26(29(50)47-37(11-12-37)31-42-13-5-14-43-31)46-30(51)27-20-45-33-48(23-16-24(38)28(40)25(39)17-23)32(52)36(4,49(27)33)18-21-6-8-22(19-41)9-7-21/h5-9,13-14,16-17,20,26H,10-12,15,18H2,1-4H3,(H,44,53)(H,46,51)(H,47,50)/t26-,36+/m0/s1. The van der Waals surface area contributed by atoms with Gasteiger partial charge in [0, 0.05) is 25.4 Å². The average Bonchev–Trinajstić information content (AvgIpc) is 3.71. The molecule has 1 fully saturated rings. The number of carbonyl (C=O) groups is 4. The third kappa shape index (κ3) is 7.71. The smallest absolute Gasteiger partial charge is 0.407 e. The minimum atomic E-state index is -1.50. The van der Waals surface area contributed by atoms with E-state index in [9.17, 15) is 28.8 Å². The van der Waals surface area contributed by atoms with Gasteiger partial charge in [-0.1, -0.05) is 35.3 Å². The molecule has 6 rings (SSSR count). The Hall–Kier alpha value is -5.59. The Morgan fingerprint density at radius 2 is 1.72 bits per heavy atom. The molecule has 3 N–H and O–H groups in total. The number of halogens is 3. The number of benzene rings is 2. The Balaban J connectivity index is 1.34. The molecular weight excluding hydrogens is 740 g/mol. The highest BCUT2D eigenvalue weighted by Crippen LogP contribution is 2.45. The molecule has 280 valence electrons. The molecule has 2 aromatic carbocycles. The van der Waals surface area contributed by atoms with Crippen molar-refractivity contribution < 1.29 is 28.3 Å². The van der Waals surface area contributed by atoms with E-state index in [-0.39, 0.29) is 46.8 Å². The van der Waals surface area contributed by atoms with E-state index in [2.05, 4.69) is 37.0 Å². The predicted octanol–water partition coefficient (Wildman–Crippen LogP) is 5.45. The van der Waals surface area contributed by atoms with E-state index in [0.29, 0.717) is 29.8 Å². The van der Waals surface area contributed by atoms with Crippen LogP contribution in [0, 0.1) is 17.1 Å². The first kappa shape index (κ1) is 38.1. The number of carbonyl (C=O) groups excluding carboxylic acids is 4. The van der Waals surface area contributed by atoms with Crippen LogP contribution in [-0.4, -0.2) is 61.5 Å². The molecule has 4 aromatic rings. The molecule has 0 unspecified atom stereocenters. The van der Waals surface area contributed by atoms with Crippen molar-refractivity contribution in [1.29, 1.82) is 5.26 Å². The molecule has 14 nitrogen and oxygen atoms in total. The number of nitrogens with zero attached hydrogens (tertiary/aromatic N) is 6. The number of rotatable bonds is 11. The van der Waals surface area contributed by atoms with Crippen molar-refractivity contribution in [3.05, 3.63) is 99.6 Å². The lowest BCUT2D eigenvalue weighted by molar-refractivity contribution is -0.125. The highest BCUT2D eigenvalue weighted by atomic mass is 35.5. The number of ether oxygens (including phenoxy) is 1. The predicted molar refractivity (Wildman–Crippen MR) is 195 cm³/mol. The lowest BCUT2D eigenvalue weighted by atomic mass is 9.91. The fraction of sp³-hybridized carbons (Fsp3) is 0.351. The van der Waals surface area contributed by atoms with E-state index in [0.717, 1.165) is 0 Å². The van der Waals surface area contributed by atoms with Gasteiger partial charge in [0.25, 0.3) is 11.8 Å². The summed E-state index contributed by atoms with van der Waals surface area (Å²) in [5.74, 6) is -2.24. The summed E-state index contributed by atoms with van der Waals surface area (Å²) in [6.45, 7) is 6.73. The first-order valence-corrected chi connectivity index (χ1v) is 17.7. The van der Waals surface area contributed by atoms with Crippen LogP contribution in [0.2, 0.25) is 10.0 Å². The highest BCUT2D eigenvalue weighted by Gasteiger charge is 2.52. The molecule has 3 heterocycles. The fourth-order valence-corrected chi connectivity index (χ4v) is 6.74.